The molecule has 0 heterocycles. The van der Waals surface area contributed by atoms with E-state index in [9.17, 15) is 0 Å². The van der Waals surface area contributed by atoms with E-state index in [1.165, 1.54) is 67.0 Å². The topological polar surface area (TPSA) is 3.24 Å². The summed E-state index contributed by atoms with van der Waals surface area (Å²) in [4.78, 5) is 2.33. The van der Waals surface area contributed by atoms with E-state index in [-0.39, 0.29) is 0 Å². The lowest BCUT2D eigenvalue weighted by atomic mass is 9.90. The Bertz CT molecular complexity index is 1780. The molecule has 6 rings (SSSR count). The van der Waals surface area contributed by atoms with Crippen LogP contribution in [0, 0.1) is 13.8 Å². The fourth-order valence-electron chi connectivity index (χ4n) is 5.73. The summed E-state index contributed by atoms with van der Waals surface area (Å²) in [7, 11) is 2.18. The van der Waals surface area contributed by atoms with Crippen molar-refractivity contribution in [3.05, 3.63) is 157 Å². The lowest BCUT2D eigenvalue weighted by molar-refractivity contribution is 1.21. The highest BCUT2D eigenvalue weighted by Gasteiger charge is 2.17. The predicted molar refractivity (Wildman–Crippen MR) is 172 cm³/mol. The molecular weight excluding hydrogens is 482 g/mol. The van der Waals surface area contributed by atoms with E-state index in [2.05, 4.69) is 171 Å². The van der Waals surface area contributed by atoms with Crippen LogP contribution in [0.5, 0.6) is 0 Å². The molecule has 0 aromatic heterocycles. The van der Waals surface area contributed by atoms with Crippen LogP contribution in [0.1, 0.15) is 11.1 Å². The first kappa shape index (κ1) is 25.4. The Balaban J connectivity index is 1.41. The Morgan fingerprint density at radius 3 is 1.38 bits per heavy atom. The van der Waals surface area contributed by atoms with Gasteiger partial charge in [-0.3, -0.25) is 0 Å². The molecule has 0 atom stereocenters. The standard InChI is InChI=1S/C39H33N/c1-28-15-7-8-18-32(28)36-21-11-13-23-38(36)40(3)39-24-14-12-22-37(39)33-26-25-31(27-29(33)2)35-20-10-9-19-34(35)30-16-5-4-6-17-30/h4-27H,1-3H3. The van der Waals surface area contributed by atoms with Gasteiger partial charge in [0.05, 0.1) is 0 Å². The SMILES string of the molecule is Cc1ccccc1-c1ccccc1N(C)c1ccccc1-c1ccc(-c2ccccc2-c2ccccc2)cc1C. The lowest BCUT2D eigenvalue weighted by Gasteiger charge is -2.26. The van der Waals surface area contributed by atoms with Crippen LogP contribution in [0.4, 0.5) is 11.4 Å². The van der Waals surface area contributed by atoms with Crippen LogP contribution in [0.15, 0.2) is 146 Å². The largest absolute Gasteiger partial charge is 0.344 e. The molecule has 0 aliphatic rings. The van der Waals surface area contributed by atoms with Gasteiger partial charge in [-0.25, -0.2) is 0 Å². The maximum atomic E-state index is 2.33. The van der Waals surface area contributed by atoms with Crippen molar-refractivity contribution in [2.24, 2.45) is 0 Å². The first-order chi connectivity index (χ1) is 19.6. The van der Waals surface area contributed by atoms with Gasteiger partial charge < -0.3 is 4.90 Å². The minimum atomic E-state index is 1.18. The summed E-state index contributed by atoms with van der Waals surface area (Å²) in [5, 5.41) is 0. The van der Waals surface area contributed by atoms with Crippen molar-refractivity contribution in [3.63, 3.8) is 0 Å². The van der Waals surface area contributed by atoms with Crippen LogP contribution < -0.4 is 4.90 Å². The van der Waals surface area contributed by atoms with Crippen molar-refractivity contribution in [1.82, 2.24) is 0 Å². The summed E-state index contributed by atoms with van der Waals surface area (Å²) in [5.74, 6) is 0. The summed E-state index contributed by atoms with van der Waals surface area (Å²) in [6.45, 7) is 4.41. The molecule has 0 amide bonds. The highest BCUT2D eigenvalue weighted by molar-refractivity contribution is 5.90. The molecule has 0 unspecified atom stereocenters. The minimum absolute atomic E-state index is 1.18. The van der Waals surface area contributed by atoms with Crippen LogP contribution in [-0.2, 0) is 0 Å². The number of benzene rings is 6. The van der Waals surface area contributed by atoms with Gasteiger partial charge in [0.1, 0.15) is 0 Å². The number of rotatable bonds is 6. The zero-order valence-corrected chi connectivity index (χ0v) is 23.3. The molecule has 0 saturated heterocycles. The van der Waals surface area contributed by atoms with E-state index in [0.29, 0.717) is 0 Å². The van der Waals surface area contributed by atoms with E-state index in [1.807, 2.05) is 0 Å². The monoisotopic (exact) mass is 515 g/mol. The molecule has 0 aliphatic heterocycles. The second-order valence-electron chi connectivity index (χ2n) is 10.3. The van der Waals surface area contributed by atoms with E-state index in [0.717, 1.165) is 0 Å². The second kappa shape index (κ2) is 11.1. The fourth-order valence-corrected chi connectivity index (χ4v) is 5.73. The molecule has 6 aromatic rings. The average Bonchev–Trinajstić information content (AvgIpc) is 3.01. The number of hydrogen-bond acceptors (Lipinski definition) is 1. The molecule has 1 heteroatoms. The molecule has 0 radical (unpaired) electrons. The summed E-state index contributed by atoms with van der Waals surface area (Å²) in [6, 6.07) is 52.2. The number of hydrogen-bond donors (Lipinski definition) is 0. The van der Waals surface area contributed by atoms with Gasteiger partial charge in [0, 0.05) is 29.5 Å². The second-order valence-corrected chi connectivity index (χ2v) is 10.3. The first-order valence-corrected chi connectivity index (χ1v) is 13.9. The molecular formula is C39H33N. The first-order valence-electron chi connectivity index (χ1n) is 13.9. The molecule has 6 aromatic carbocycles. The van der Waals surface area contributed by atoms with Gasteiger partial charge in [0.25, 0.3) is 0 Å². The summed E-state index contributed by atoms with van der Waals surface area (Å²) >= 11 is 0. The highest BCUT2D eigenvalue weighted by Crippen LogP contribution is 2.41. The lowest BCUT2D eigenvalue weighted by Crippen LogP contribution is -2.12. The third kappa shape index (κ3) is 4.83. The van der Waals surface area contributed by atoms with E-state index in [4.69, 9.17) is 0 Å². The van der Waals surface area contributed by atoms with Crippen LogP contribution in [0.2, 0.25) is 0 Å². The van der Waals surface area contributed by atoms with Gasteiger partial charge >= 0.3 is 0 Å². The van der Waals surface area contributed by atoms with Crippen molar-refractivity contribution in [1.29, 1.82) is 0 Å². The Morgan fingerprint density at radius 1 is 0.350 bits per heavy atom. The zero-order valence-electron chi connectivity index (χ0n) is 23.3. The van der Waals surface area contributed by atoms with Crippen molar-refractivity contribution < 1.29 is 0 Å². The number of para-hydroxylation sites is 2. The molecule has 194 valence electrons. The third-order valence-electron chi connectivity index (χ3n) is 7.81. The van der Waals surface area contributed by atoms with Gasteiger partial charge in [0.15, 0.2) is 0 Å². The van der Waals surface area contributed by atoms with E-state index >= 15 is 0 Å². The van der Waals surface area contributed by atoms with Gasteiger partial charge in [-0.05, 0) is 70.5 Å². The van der Waals surface area contributed by atoms with Crippen molar-refractivity contribution in [3.8, 4) is 44.5 Å². The van der Waals surface area contributed by atoms with Crippen molar-refractivity contribution >= 4 is 11.4 Å². The Hall–Kier alpha value is -4.88. The number of aryl methyl sites for hydroxylation is 2. The molecule has 1 nitrogen and oxygen atoms in total. The van der Waals surface area contributed by atoms with Crippen LogP contribution in [-0.4, -0.2) is 7.05 Å². The Labute approximate surface area is 238 Å². The predicted octanol–water partition coefficient (Wildman–Crippen LogP) is 10.7. The average molecular weight is 516 g/mol. The maximum Gasteiger partial charge on any atom is 0.0488 e. The smallest absolute Gasteiger partial charge is 0.0488 e. The summed E-state index contributed by atoms with van der Waals surface area (Å²) in [5.41, 5.74) is 14.9. The van der Waals surface area contributed by atoms with E-state index < -0.39 is 0 Å². The molecule has 0 N–H and O–H groups in total. The Morgan fingerprint density at radius 2 is 0.800 bits per heavy atom. The third-order valence-corrected chi connectivity index (χ3v) is 7.81. The minimum Gasteiger partial charge on any atom is -0.344 e. The van der Waals surface area contributed by atoms with Crippen LogP contribution in [0.25, 0.3) is 44.5 Å². The van der Waals surface area contributed by atoms with Gasteiger partial charge in [-0.1, -0.05) is 133 Å². The number of anilines is 2. The summed E-state index contributed by atoms with van der Waals surface area (Å²) in [6.07, 6.45) is 0. The van der Waals surface area contributed by atoms with Crippen molar-refractivity contribution in [2.45, 2.75) is 13.8 Å². The maximum absolute atomic E-state index is 2.33. The Kier molecular flexibility index (Phi) is 7.04. The summed E-state index contributed by atoms with van der Waals surface area (Å²) < 4.78 is 0. The number of nitrogens with zero attached hydrogens (tertiary/aromatic N) is 1. The fraction of sp³-hybridized carbons (Fsp3) is 0.0769. The normalized spacial score (nSPS) is 10.9. The van der Waals surface area contributed by atoms with Crippen LogP contribution >= 0.6 is 0 Å². The van der Waals surface area contributed by atoms with Crippen LogP contribution in [0.3, 0.4) is 0 Å². The molecule has 0 saturated carbocycles. The highest BCUT2D eigenvalue weighted by atomic mass is 15.1. The molecule has 0 spiro atoms. The quantitative estimate of drug-likeness (QED) is 0.213. The van der Waals surface area contributed by atoms with Gasteiger partial charge in [-0.15, -0.1) is 0 Å². The molecule has 40 heavy (non-hydrogen) atoms. The molecule has 0 bridgehead atoms. The van der Waals surface area contributed by atoms with Gasteiger partial charge in [-0.2, -0.15) is 0 Å². The van der Waals surface area contributed by atoms with Gasteiger partial charge in [0.2, 0.25) is 0 Å². The zero-order chi connectivity index (χ0) is 27.5. The van der Waals surface area contributed by atoms with E-state index in [1.54, 1.807) is 0 Å². The molecule has 0 aliphatic carbocycles. The van der Waals surface area contributed by atoms with Crippen molar-refractivity contribution in [2.75, 3.05) is 11.9 Å². The molecule has 0 fully saturated rings.